The Labute approximate surface area is 108 Å². The maximum atomic E-state index is 5.81. The van der Waals surface area contributed by atoms with E-state index < -0.39 is 0 Å². The van der Waals surface area contributed by atoms with Gasteiger partial charge in [-0.15, -0.1) is 11.3 Å². The molecule has 2 nitrogen and oxygen atoms in total. The van der Waals surface area contributed by atoms with E-state index in [1.807, 2.05) is 11.3 Å². The zero-order chi connectivity index (χ0) is 12.1. The van der Waals surface area contributed by atoms with E-state index in [1.165, 1.54) is 9.75 Å². The zero-order valence-electron chi connectivity index (χ0n) is 10.7. The Bertz CT molecular complexity index is 383. The topological polar surface area (TPSA) is 21.3 Å². The second-order valence-electron chi connectivity index (χ2n) is 4.43. The van der Waals surface area contributed by atoms with Gasteiger partial charge in [-0.1, -0.05) is 6.92 Å². The van der Waals surface area contributed by atoms with Crippen LogP contribution in [0.4, 0.5) is 0 Å². The summed E-state index contributed by atoms with van der Waals surface area (Å²) in [7, 11) is 0. The highest BCUT2D eigenvalue weighted by Crippen LogP contribution is 2.30. The number of rotatable bonds is 5. The molecule has 1 N–H and O–H groups in total. The van der Waals surface area contributed by atoms with Crippen LogP contribution in [0.2, 0.25) is 0 Å². The van der Waals surface area contributed by atoms with Gasteiger partial charge in [0.25, 0.3) is 0 Å². The van der Waals surface area contributed by atoms with Crippen LogP contribution in [0, 0.1) is 6.92 Å². The van der Waals surface area contributed by atoms with E-state index in [1.54, 1.807) is 0 Å². The molecule has 2 rings (SSSR count). The van der Waals surface area contributed by atoms with Crippen molar-refractivity contribution in [3.63, 3.8) is 0 Å². The SMILES string of the molecule is CCCNC(C1=CCCCO1)c1ccc(C)s1. The molecule has 0 spiro atoms. The maximum Gasteiger partial charge on any atom is 0.114 e. The number of nitrogens with one attached hydrogen (secondary N) is 1. The van der Waals surface area contributed by atoms with Crippen molar-refractivity contribution in [2.24, 2.45) is 0 Å². The summed E-state index contributed by atoms with van der Waals surface area (Å²) in [6.07, 6.45) is 5.68. The molecule has 0 radical (unpaired) electrons. The normalized spacial score (nSPS) is 17.4. The van der Waals surface area contributed by atoms with Crippen molar-refractivity contribution in [2.45, 2.75) is 39.2 Å². The van der Waals surface area contributed by atoms with Gasteiger partial charge in [0.2, 0.25) is 0 Å². The fraction of sp³-hybridized carbons (Fsp3) is 0.571. The van der Waals surface area contributed by atoms with Gasteiger partial charge in [-0.25, -0.2) is 0 Å². The molecule has 1 unspecified atom stereocenters. The maximum absolute atomic E-state index is 5.81. The van der Waals surface area contributed by atoms with Gasteiger partial charge in [-0.2, -0.15) is 0 Å². The Hall–Kier alpha value is -0.800. The summed E-state index contributed by atoms with van der Waals surface area (Å²) < 4.78 is 5.81. The zero-order valence-corrected chi connectivity index (χ0v) is 11.5. The largest absolute Gasteiger partial charge is 0.496 e. The number of hydrogen-bond donors (Lipinski definition) is 1. The number of aryl methyl sites for hydroxylation is 1. The fourth-order valence-electron chi connectivity index (χ4n) is 2.02. The first-order valence-electron chi connectivity index (χ1n) is 6.44. The van der Waals surface area contributed by atoms with Crippen LogP contribution < -0.4 is 5.32 Å². The number of thiophene rings is 1. The lowest BCUT2D eigenvalue weighted by Gasteiger charge is -2.24. The Morgan fingerprint density at radius 1 is 1.47 bits per heavy atom. The van der Waals surface area contributed by atoms with E-state index >= 15 is 0 Å². The molecule has 0 amide bonds. The van der Waals surface area contributed by atoms with Gasteiger partial charge in [0.1, 0.15) is 5.76 Å². The van der Waals surface area contributed by atoms with Crippen LogP contribution in [0.1, 0.15) is 42.0 Å². The molecule has 1 aromatic heterocycles. The number of hydrogen-bond acceptors (Lipinski definition) is 3. The summed E-state index contributed by atoms with van der Waals surface area (Å²) in [5.74, 6) is 1.12. The van der Waals surface area contributed by atoms with E-state index in [-0.39, 0.29) is 6.04 Å². The van der Waals surface area contributed by atoms with Crippen molar-refractivity contribution in [3.8, 4) is 0 Å². The van der Waals surface area contributed by atoms with Crippen LogP contribution in [0.5, 0.6) is 0 Å². The minimum absolute atomic E-state index is 0.258. The lowest BCUT2D eigenvalue weighted by molar-refractivity contribution is 0.168. The summed E-state index contributed by atoms with van der Waals surface area (Å²) in [6, 6.07) is 4.66. The molecule has 0 saturated heterocycles. The molecule has 1 atom stereocenters. The van der Waals surface area contributed by atoms with Crippen molar-refractivity contribution in [2.75, 3.05) is 13.2 Å². The van der Waals surface area contributed by atoms with Gasteiger partial charge in [0.15, 0.2) is 0 Å². The molecular formula is C14H21NOS. The van der Waals surface area contributed by atoms with Crippen molar-refractivity contribution in [3.05, 3.63) is 33.7 Å². The molecule has 1 aliphatic rings. The second-order valence-corrected chi connectivity index (χ2v) is 5.75. The standard InChI is InChI=1S/C14H21NOS/c1-3-9-15-14(12-6-4-5-10-16-12)13-8-7-11(2)17-13/h6-8,14-15H,3-5,9-10H2,1-2H3. The summed E-state index contributed by atoms with van der Waals surface area (Å²) in [5, 5.41) is 3.59. The summed E-state index contributed by atoms with van der Waals surface area (Å²) in [5.41, 5.74) is 0. The van der Waals surface area contributed by atoms with Crippen molar-refractivity contribution >= 4 is 11.3 Å². The third-order valence-corrected chi connectivity index (χ3v) is 3.96. The first-order chi connectivity index (χ1) is 8.31. The quantitative estimate of drug-likeness (QED) is 0.859. The molecule has 17 heavy (non-hydrogen) atoms. The van der Waals surface area contributed by atoms with Crippen LogP contribution in [0.3, 0.4) is 0 Å². The highest BCUT2D eigenvalue weighted by atomic mass is 32.1. The van der Waals surface area contributed by atoms with E-state index in [0.29, 0.717) is 0 Å². The smallest absolute Gasteiger partial charge is 0.114 e. The Morgan fingerprint density at radius 3 is 2.94 bits per heavy atom. The van der Waals surface area contributed by atoms with Crippen molar-refractivity contribution in [1.82, 2.24) is 5.32 Å². The predicted octanol–water partition coefficient (Wildman–Crippen LogP) is 3.79. The van der Waals surface area contributed by atoms with Crippen LogP contribution in [0.25, 0.3) is 0 Å². The molecule has 2 heterocycles. The van der Waals surface area contributed by atoms with Gasteiger partial charge < -0.3 is 10.1 Å². The minimum atomic E-state index is 0.258. The third-order valence-electron chi connectivity index (χ3n) is 2.89. The van der Waals surface area contributed by atoms with E-state index in [4.69, 9.17) is 4.74 Å². The summed E-state index contributed by atoms with van der Waals surface area (Å²) in [4.78, 5) is 2.73. The van der Waals surface area contributed by atoms with Gasteiger partial charge in [0, 0.05) is 9.75 Å². The summed E-state index contributed by atoms with van der Waals surface area (Å²) >= 11 is 1.86. The van der Waals surface area contributed by atoms with Gasteiger partial charge in [-0.3, -0.25) is 0 Å². The van der Waals surface area contributed by atoms with Gasteiger partial charge in [-0.05, 0) is 50.9 Å². The van der Waals surface area contributed by atoms with Crippen molar-refractivity contribution in [1.29, 1.82) is 0 Å². The van der Waals surface area contributed by atoms with Gasteiger partial charge >= 0.3 is 0 Å². The molecule has 1 aromatic rings. The number of allylic oxidation sites excluding steroid dienone is 1. The third kappa shape index (κ3) is 3.33. The minimum Gasteiger partial charge on any atom is -0.496 e. The Morgan fingerprint density at radius 2 is 2.35 bits per heavy atom. The van der Waals surface area contributed by atoms with Crippen LogP contribution in [-0.2, 0) is 4.74 Å². The first kappa shape index (κ1) is 12.7. The Balaban J connectivity index is 2.15. The molecule has 0 aliphatic carbocycles. The van der Waals surface area contributed by atoms with E-state index in [9.17, 15) is 0 Å². The molecule has 1 aliphatic heterocycles. The summed E-state index contributed by atoms with van der Waals surface area (Å²) in [6.45, 7) is 6.24. The molecule has 94 valence electrons. The highest BCUT2D eigenvalue weighted by molar-refractivity contribution is 7.12. The predicted molar refractivity (Wildman–Crippen MR) is 73.4 cm³/mol. The van der Waals surface area contributed by atoms with Crippen LogP contribution in [-0.4, -0.2) is 13.2 Å². The fourth-order valence-corrected chi connectivity index (χ4v) is 2.98. The molecule has 0 fully saturated rings. The highest BCUT2D eigenvalue weighted by Gasteiger charge is 2.20. The van der Waals surface area contributed by atoms with Crippen LogP contribution in [0.15, 0.2) is 24.0 Å². The monoisotopic (exact) mass is 251 g/mol. The van der Waals surface area contributed by atoms with Crippen molar-refractivity contribution < 1.29 is 4.74 Å². The van der Waals surface area contributed by atoms with Crippen LogP contribution >= 0.6 is 11.3 Å². The molecular weight excluding hydrogens is 230 g/mol. The molecule has 3 heteroatoms. The van der Waals surface area contributed by atoms with Gasteiger partial charge in [0.05, 0.1) is 12.6 Å². The second kappa shape index (κ2) is 6.22. The average Bonchev–Trinajstić information content (AvgIpc) is 2.78. The van der Waals surface area contributed by atoms with E-state index in [2.05, 4.69) is 37.4 Å². The lowest BCUT2D eigenvalue weighted by atomic mass is 10.1. The van der Waals surface area contributed by atoms with E-state index in [0.717, 1.165) is 38.2 Å². The molecule has 0 bridgehead atoms. The number of ether oxygens (including phenoxy) is 1. The Kier molecular flexibility index (Phi) is 4.63. The molecule has 0 saturated carbocycles. The first-order valence-corrected chi connectivity index (χ1v) is 7.25. The average molecular weight is 251 g/mol. The molecule has 0 aromatic carbocycles. The lowest BCUT2D eigenvalue weighted by Crippen LogP contribution is -2.25.